The van der Waals surface area contributed by atoms with E-state index >= 15 is 0 Å². The number of urea groups is 1. The number of esters is 1. The first-order valence-corrected chi connectivity index (χ1v) is 7.29. The first-order chi connectivity index (χ1) is 11.5. The lowest BCUT2D eigenvalue weighted by Gasteiger charge is -2.17. The van der Waals surface area contributed by atoms with Crippen molar-refractivity contribution in [2.75, 3.05) is 7.05 Å². The van der Waals surface area contributed by atoms with Crippen LogP contribution in [-0.4, -0.2) is 29.9 Å². The number of carbonyl (C=O) groups excluding carboxylic acids is 3. The fraction of sp³-hybridized carbons (Fsp3) is 0.125. The molecule has 1 heterocycles. The molecule has 0 spiro atoms. The summed E-state index contributed by atoms with van der Waals surface area (Å²) in [6, 6.07) is 10.5. The summed E-state index contributed by atoms with van der Waals surface area (Å²) < 4.78 is 5.26. The Morgan fingerprint density at radius 1 is 1.12 bits per heavy atom. The molecule has 1 aromatic carbocycles. The highest BCUT2D eigenvalue weighted by Gasteiger charge is 2.27. The molecule has 0 saturated heterocycles. The lowest BCUT2D eigenvalue weighted by molar-refractivity contribution is -0.129. The average Bonchev–Trinajstić information content (AvgIpc) is 2.60. The van der Waals surface area contributed by atoms with Crippen LogP contribution in [0.1, 0.15) is 22.0 Å². The lowest BCUT2D eigenvalue weighted by atomic mass is 10.1. The summed E-state index contributed by atoms with van der Waals surface area (Å²) in [5.74, 6) is -1.53. The third kappa shape index (κ3) is 4.53. The van der Waals surface area contributed by atoms with Gasteiger partial charge in [0.15, 0.2) is 0 Å². The van der Waals surface area contributed by atoms with E-state index in [1.807, 2.05) is 0 Å². The SMILES string of the molecule is CNC(=O)NC(=O)[C@@H](OC(=O)c1ccc(Cl)nc1)c1ccccc1. The molecule has 124 valence electrons. The topological polar surface area (TPSA) is 97.4 Å². The highest BCUT2D eigenvalue weighted by atomic mass is 35.5. The number of amides is 3. The van der Waals surface area contributed by atoms with Crippen LogP contribution in [0.4, 0.5) is 4.79 Å². The van der Waals surface area contributed by atoms with Crippen LogP contribution in [0.3, 0.4) is 0 Å². The predicted octanol–water partition coefficient (Wildman–Crippen LogP) is 2.09. The molecule has 24 heavy (non-hydrogen) atoms. The van der Waals surface area contributed by atoms with E-state index in [0.29, 0.717) is 5.56 Å². The van der Waals surface area contributed by atoms with Gasteiger partial charge in [0.05, 0.1) is 5.56 Å². The van der Waals surface area contributed by atoms with Crippen LogP contribution >= 0.6 is 11.6 Å². The minimum atomic E-state index is -1.29. The summed E-state index contributed by atoms with van der Waals surface area (Å²) in [5, 5.41) is 4.57. The predicted molar refractivity (Wildman–Crippen MR) is 86.4 cm³/mol. The van der Waals surface area contributed by atoms with E-state index in [2.05, 4.69) is 15.6 Å². The number of aromatic nitrogens is 1. The zero-order valence-corrected chi connectivity index (χ0v) is 13.4. The van der Waals surface area contributed by atoms with Crippen molar-refractivity contribution in [2.45, 2.75) is 6.10 Å². The number of nitrogens with one attached hydrogen (secondary N) is 2. The Hall–Kier alpha value is -2.93. The highest BCUT2D eigenvalue weighted by molar-refractivity contribution is 6.29. The molecule has 0 aliphatic rings. The minimum absolute atomic E-state index is 0.132. The van der Waals surface area contributed by atoms with Crippen LogP contribution in [0.5, 0.6) is 0 Å². The van der Waals surface area contributed by atoms with Gasteiger partial charge in [-0.25, -0.2) is 14.6 Å². The van der Waals surface area contributed by atoms with Crippen LogP contribution in [0.25, 0.3) is 0 Å². The molecular formula is C16H14ClN3O4. The molecule has 0 bridgehead atoms. The second-order valence-electron chi connectivity index (χ2n) is 4.63. The number of hydrogen-bond acceptors (Lipinski definition) is 5. The summed E-state index contributed by atoms with van der Waals surface area (Å²) in [4.78, 5) is 39.6. The summed E-state index contributed by atoms with van der Waals surface area (Å²) in [6.07, 6.45) is -0.0460. The van der Waals surface area contributed by atoms with Crippen molar-refractivity contribution in [1.82, 2.24) is 15.6 Å². The van der Waals surface area contributed by atoms with Gasteiger partial charge in [-0.15, -0.1) is 0 Å². The van der Waals surface area contributed by atoms with Gasteiger partial charge in [0.1, 0.15) is 5.15 Å². The Balaban J connectivity index is 2.22. The smallest absolute Gasteiger partial charge is 0.340 e. The summed E-state index contributed by atoms with van der Waals surface area (Å²) in [6.45, 7) is 0. The molecule has 0 radical (unpaired) electrons. The van der Waals surface area contributed by atoms with Crippen molar-refractivity contribution in [3.05, 3.63) is 64.9 Å². The number of ether oxygens (including phenoxy) is 1. The highest BCUT2D eigenvalue weighted by Crippen LogP contribution is 2.19. The average molecular weight is 348 g/mol. The standard InChI is InChI=1S/C16H14ClN3O4/c1-18-16(23)20-14(21)13(10-5-3-2-4-6-10)24-15(22)11-7-8-12(17)19-9-11/h2-9,13H,1H3,(H2,18,20,21,23)/t13-/m0/s1. The second kappa shape index (κ2) is 8.07. The van der Waals surface area contributed by atoms with Crippen molar-refractivity contribution in [3.63, 3.8) is 0 Å². The number of pyridine rings is 1. The Morgan fingerprint density at radius 2 is 1.83 bits per heavy atom. The molecule has 8 heteroatoms. The lowest BCUT2D eigenvalue weighted by Crippen LogP contribution is -2.41. The number of rotatable bonds is 4. The Kier molecular flexibility index (Phi) is 5.86. The molecule has 1 aromatic heterocycles. The van der Waals surface area contributed by atoms with Gasteiger partial charge in [-0.3, -0.25) is 10.1 Å². The van der Waals surface area contributed by atoms with Crippen molar-refractivity contribution in [3.8, 4) is 0 Å². The maximum absolute atomic E-state index is 12.2. The zero-order chi connectivity index (χ0) is 17.5. The largest absolute Gasteiger partial charge is 0.444 e. The molecule has 0 aliphatic heterocycles. The van der Waals surface area contributed by atoms with Crippen LogP contribution < -0.4 is 10.6 Å². The van der Waals surface area contributed by atoms with Crippen LogP contribution in [-0.2, 0) is 9.53 Å². The molecule has 7 nitrogen and oxygen atoms in total. The molecule has 3 amide bonds. The van der Waals surface area contributed by atoms with Gasteiger partial charge < -0.3 is 10.1 Å². The summed E-state index contributed by atoms with van der Waals surface area (Å²) in [5.41, 5.74) is 0.558. The van der Waals surface area contributed by atoms with Gasteiger partial charge in [-0.2, -0.15) is 0 Å². The van der Waals surface area contributed by atoms with Crippen LogP contribution in [0, 0.1) is 0 Å². The van der Waals surface area contributed by atoms with Crippen molar-refractivity contribution in [1.29, 1.82) is 0 Å². The molecule has 0 fully saturated rings. The monoisotopic (exact) mass is 347 g/mol. The molecule has 2 rings (SSSR count). The number of imide groups is 1. The van der Waals surface area contributed by atoms with E-state index in [-0.39, 0.29) is 10.7 Å². The van der Waals surface area contributed by atoms with Crippen molar-refractivity contribution in [2.24, 2.45) is 0 Å². The Bertz CT molecular complexity index is 735. The van der Waals surface area contributed by atoms with Gasteiger partial charge >= 0.3 is 12.0 Å². The second-order valence-corrected chi connectivity index (χ2v) is 5.02. The van der Waals surface area contributed by atoms with E-state index in [1.54, 1.807) is 30.3 Å². The maximum Gasteiger partial charge on any atom is 0.340 e. The van der Waals surface area contributed by atoms with Gasteiger partial charge in [-0.1, -0.05) is 41.9 Å². The molecular weight excluding hydrogens is 334 g/mol. The van der Waals surface area contributed by atoms with Gasteiger partial charge in [0, 0.05) is 18.8 Å². The maximum atomic E-state index is 12.2. The summed E-state index contributed by atoms with van der Waals surface area (Å²) >= 11 is 5.67. The van der Waals surface area contributed by atoms with E-state index in [1.165, 1.54) is 25.4 Å². The molecule has 2 N–H and O–H groups in total. The van der Waals surface area contributed by atoms with Crippen LogP contribution in [0.15, 0.2) is 48.7 Å². The molecule has 0 aliphatic carbocycles. The van der Waals surface area contributed by atoms with Crippen LogP contribution in [0.2, 0.25) is 5.15 Å². The first-order valence-electron chi connectivity index (χ1n) is 6.91. The molecule has 2 aromatic rings. The first kappa shape index (κ1) is 17.4. The fourth-order valence-electron chi connectivity index (χ4n) is 1.81. The number of benzene rings is 1. The quantitative estimate of drug-likeness (QED) is 0.652. The van der Waals surface area contributed by atoms with Gasteiger partial charge in [0.2, 0.25) is 6.10 Å². The van der Waals surface area contributed by atoms with Crippen molar-refractivity contribution < 1.29 is 19.1 Å². The number of halogens is 1. The van der Waals surface area contributed by atoms with E-state index < -0.39 is 24.0 Å². The zero-order valence-electron chi connectivity index (χ0n) is 12.7. The van der Waals surface area contributed by atoms with E-state index in [0.717, 1.165) is 0 Å². The molecule has 0 unspecified atom stereocenters. The molecule has 0 saturated carbocycles. The number of carbonyl (C=O) groups is 3. The Labute approximate surface area is 143 Å². The summed E-state index contributed by atoms with van der Waals surface area (Å²) in [7, 11) is 1.37. The van der Waals surface area contributed by atoms with Gasteiger partial charge in [0.25, 0.3) is 5.91 Å². The van der Waals surface area contributed by atoms with Gasteiger partial charge in [-0.05, 0) is 12.1 Å². The van der Waals surface area contributed by atoms with E-state index in [4.69, 9.17) is 16.3 Å². The van der Waals surface area contributed by atoms with Crippen molar-refractivity contribution >= 4 is 29.5 Å². The van der Waals surface area contributed by atoms with E-state index in [9.17, 15) is 14.4 Å². The normalized spacial score (nSPS) is 11.2. The molecule has 1 atom stereocenters. The third-order valence-electron chi connectivity index (χ3n) is 2.99. The minimum Gasteiger partial charge on any atom is -0.444 e. The fourth-order valence-corrected chi connectivity index (χ4v) is 1.92. The number of nitrogens with zero attached hydrogens (tertiary/aromatic N) is 1. The number of hydrogen-bond donors (Lipinski definition) is 2. The third-order valence-corrected chi connectivity index (χ3v) is 3.22. The Morgan fingerprint density at radius 3 is 2.42 bits per heavy atom.